The Hall–Kier alpha value is -4.49. The molecule has 0 saturated heterocycles. The number of para-hydroxylation sites is 1. The van der Waals surface area contributed by atoms with Crippen LogP contribution in [0.25, 0.3) is 11.3 Å². The van der Waals surface area contributed by atoms with Crippen LogP contribution in [0, 0.1) is 5.92 Å². The number of nitrogens with one attached hydrogen (secondary N) is 4. The molecule has 3 amide bonds. The molecule has 0 radical (unpaired) electrons. The fourth-order valence-corrected chi connectivity index (χ4v) is 4.09. The summed E-state index contributed by atoms with van der Waals surface area (Å²) in [5.41, 5.74) is 1.93. The Balaban J connectivity index is 1.57. The van der Waals surface area contributed by atoms with Gasteiger partial charge in [-0.25, -0.2) is 9.78 Å². The van der Waals surface area contributed by atoms with Crippen molar-refractivity contribution < 1.29 is 23.9 Å². The number of nitrogens with zero attached hydrogens (tertiary/aromatic N) is 4. The first-order chi connectivity index (χ1) is 20.2. The average molecular weight is 586 g/mol. The van der Waals surface area contributed by atoms with Crippen molar-refractivity contribution in [1.82, 2.24) is 30.6 Å². The summed E-state index contributed by atoms with van der Waals surface area (Å²) in [4.78, 5) is 43.3. The van der Waals surface area contributed by atoms with Crippen LogP contribution in [0.3, 0.4) is 0 Å². The quantitative estimate of drug-likeness (QED) is 0.230. The van der Waals surface area contributed by atoms with Gasteiger partial charge in [0.25, 0.3) is 5.91 Å². The van der Waals surface area contributed by atoms with E-state index in [-0.39, 0.29) is 24.3 Å². The summed E-state index contributed by atoms with van der Waals surface area (Å²) in [6, 6.07) is 7.12. The summed E-state index contributed by atoms with van der Waals surface area (Å²) in [5.74, 6) is 0.407. The number of aromatic nitrogens is 4. The second kappa shape index (κ2) is 12.8. The van der Waals surface area contributed by atoms with Crippen molar-refractivity contribution in [2.24, 2.45) is 5.92 Å². The molecular formula is C27H37B3N8O5. The van der Waals surface area contributed by atoms with Gasteiger partial charge in [-0.1, -0.05) is 6.07 Å². The topological polar surface area (TPSA) is 161 Å². The monoisotopic (exact) mass is 586 g/mol. The van der Waals surface area contributed by atoms with Crippen molar-refractivity contribution in [3.05, 3.63) is 42.2 Å². The molecule has 1 aliphatic rings. The standard InChI is InChI=1S/C27H37B3N8O5/c1-26(2,3)43-25(41)31-10-11-38-33-14-20(37-38)16-6-5-7-18(22(16)42-4)34-19-12-21(35-23(39)15-8-9-15)32-13-17(19)24(40)36-27(28,29)30/h5-7,12-15H,8-11,28-30H2,1-4H3,(H,31,41)(H,36,40)(H2,32,34,35,39). The van der Waals surface area contributed by atoms with Crippen molar-refractivity contribution in [2.75, 3.05) is 24.3 Å². The zero-order valence-electron chi connectivity index (χ0n) is 25.7. The fourth-order valence-electron chi connectivity index (χ4n) is 4.09. The minimum atomic E-state index is -0.587. The van der Waals surface area contributed by atoms with E-state index in [4.69, 9.17) is 9.47 Å². The number of hydrogen-bond acceptors (Lipinski definition) is 9. The van der Waals surface area contributed by atoms with Crippen LogP contribution in [0.4, 0.5) is 22.0 Å². The van der Waals surface area contributed by atoms with E-state index in [1.165, 1.54) is 11.0 Å². The lowest BCUT2D eigenvalue weighted by Gasteiger charge is -2.22. The van der Waals surface area contributed by atoms with Gasteiger partial charge >= 0.3 is 6.09 Å². The summed E-state index contributed by atoms with van der Waals surface area (Å²) in [5, 5.41) is 20.2. The van der Waals surface area contributed by atoms with E-state index in [0.717, 1.165) is 12.8 Å². The normalized spacial score (nSPS) is 13.1. The number of benzene rings is 1. The number of amides is 3. The van der Waals surface area contributed by atoms with E-state index < -0.39 is 16.9 Å². The third kappa shape index (κ3) is 9.00. The summed E-state index contributed by atoms with van der Waals surface area (Å²) in [7, 11) is 7.22. The molecule has 0 spiro atoms. The number of pyridine rings is 1. The molecule has 2 heterocycles. The zero-order chi connectivity index (χ0) is 31.4. The molecule has 13 nitrogen and oxygen atoms in total. The van der Waals surface area contributed by atoms with Gasteiger partial charge in [0.05, 0.1) is 36.8 Å². The molecule has 4 N–H and O–H groups in total. The number of anilines is 3. The molecule has 1 fully saturated rings. The molecule has 0 bridgehead atoms. The highest BCUT2D eigenvalue weighted by Gasteiger charge is 2.30. The second-order valence-electron chi connectivity index (χ2n) is 12.3. The first-order valence-corrected chi connectivity index (χ1v) is 14.2. The Morgan fingerprint density at radius 2 is 1.84 bits per heavy atom. The summed E-state index contributed by atoms with van der Waals surface area (Å²) >= 11 is 0. The van der Waals surface area contributed by atoms with E-state index in [2.05, 4.69) is 36.4 Å². The van der Waals surface area contributed by atoms with Crippen molar-refractivity contribution in [3.8, 4) is 17.0 Å². The number of carbonyl (C=O) groups is 3. The molecule has 0 unspecified atom stereocenters. The van der Waals surface area contributed by atoms with Gasteiger partial charge in [0.1, 0.15) is 40.7 Å². The smallest absolute Gasteiger partial charge is 0.407 e. The van der Waals surface area contributed by atoms with Crippen LogP contribution in [0.2, 0.25) is 0 Å². The maximum absolute atomic E-state index is 13.2. The lowest BCUT2D eigenvalue weighted by atomic mass is 9.49. The van der Waals surface area contributed by atoms with E-state index in [9.17, 15) is 14.4 Å². The molecule has 3 aromatic rings. The largest absolute Gasteiger partial charge is 0.494 e. The van der Waals surface area contributed by atoms with E-state index in [0.29, 0.717) is 46.3 Å². The maximum atomic E-state index is 13.2. The Bertz CT molecular complexity index is 1500. The Kier molecular flexibility index (Phi) is 9.36. The molecule has 2 aromatic heterocycles. The van der Waals surface area contributed by atoms with Gasteiger partial charge in [-0.3, -0.25) is 9.59 Å². The highest BCUT2D eigenvalue weighted by molar-refractivity contribution is 6.60. The zero-order valence-corrected chi connectivity index (χ0v) is 25.7. The Labute approximate surface area is 253 Å². The molecule has 16 heteroatoms. The molecular weight excluding hydrogens is 549 g/mol. The molecule has 0 aliphatic heterocycles. The van der Waals surface area contributed by atoms with Crippen LogP contribution in [0.5, 0.6) is 5.75 Å². The SMILES string of the molecule is BC(B)(B)NC(=O)c1cnc(NC(=O)C2CC2)cc1Nc1cccc(-c2cnn(CCNC(=O)OC(C)(C)C)n2)c1OC. The molecule has 1 aromatic carbocycles. The summed E-state index contributed by atoms with van der Waals surface area (Å²) < 4.78 is 11.0. The second-order valence-corrected chi connectivity index (χ2v) is 12.3. The fraction of sp³-hybridized carbons (Fsp3) is 0.407. The number of alkyl carbamates (subject to hydrolysis) is 1. The molecule has 4 rings (SSSR count). The first kappa shape index (κ1) is 31.5. The number of hydrogen-bond donors (Lipinski definition) is 4. The van der Waals surface area contributed by atoms with E-state index >= 15 is 0 Å². The van der Waals surface area contributed by atoms with Crippen molar-refractivity contribution in [3.63, 3.8) is 0 Å². The van der Waals surface area contributed by atoms with Crippen LogP contribution < -0.4 is 26.0 Å². The summed E-state index contributed by atoms with van der Waals surface area (Å²) in [6.45, 7) is 6.01. The molecule has 1 aliphatic carbocycles. The molecule has 43 heavy (non-hydrogen) atoms. The van der Waals surface area contributed by atoms with Crippen molar-refractivity contribution in [2.45, 2.75) is 51.0 Å². The highest BCUT2D eigenvalue weighted by atomic mass is 16.6. The van der Waals surface area contributed by atoms with Gasteiger partial charge in [0.15, 0.2) is 5.75 Å². The van der Waals surface area contributed by atoms with Crippen molar-refractivity contribution >= 4 is 58.6 Å². The predicted molar refractivity (Wildman–Crippen MR) is 171 cm³/mol. The highest BCUT2D eigenvalue weighted by Crippen LogP contribution is 2.38. The predicted octanol–water partition coefficient (Wildman–Crippen LogP) is 0.206. The molecule has 224 valence electrons. The minimum absolute atomic E-state index is 0.000332. The first-order valence-electron chi connectivity index (χ1n) is 14.2. The number of methoxy groups -OCH3 is 1. The van der Waals surface area contributed by atoms with Gasteiger partial charge in [-0.05, 0) is 51.0 Å². The number of rotatable bonds is 11. The van der Waals surface area contributed by atoms with Crippen LogP contribution in [0.1, 0.15) is 44.0 Å². The lowest BCUT2D eigenvalue weighted by molar-refractivity contribution is -0.117. The lowest BCUT2D eigenvalue weighted by Crippen LogP contribution is -2.50. The van der Waals surface area contributed by atoms with E-state index in [1.54, 1.807) is 40.1 Å². The molecule has 0 atom stereocenters. The average Bonchev–Trinajstić information content (AvgIpc) is 3.65. The van der Waals surface area contributed by atoms with E-state index in [1.807, 2.05) is 41.7 Å². The van der Waals surface area contributed by atoms with Crippen LogP contribution in [-0.2, 0) is 16.1 Å². The van der Waals surface area contributed by atoms with Gasteiger partial charge in [-0.2, -0.15) is 15.0 Å². The van der Waals surface area contributed by atoms with Crippen LogP contribution in [0.15, 0.2) is 36.7 Å². The van der Waals surface area contributed by atoms with Crippen LogP contribution in [-0.4, -0.2) is 85.9 Å². The Morgan fingerprint density at radius 3 is 2.49 bits per heavy atom. The van der Waals surface area contributed by atoms with Crippen LogP contribution >= 0.6 is 0 Å². The maximum Gasteiger partial charge on any atom is 0.407 e. The third-order valence-electron chi connectivity index (χ3n) is 6.12. The minimum Gasteiger partial charge on any atom is -0.494 e. The molecule has 1 saturated carbocycles. The third-order valence-corrected chi connectivity index (χ3v) is 6.12. The van der Waals surface area contributed by atoms with Gasteiger partial charge in [-0.15, -0.1) is 0 Å². The van der Waals surface area contributed by atoms with Gasteiger partial charge in [0, 0.05) is 30.3 Å². The summed E-state index contributed by atoms with van der Waals surface area (Å²) in [6.07, 6.45) is 4.26. The van der Waals surface area contributed by atoms with Gasteiger partial charge in [0.2, 0.25) is 5.91 Å². The Morgan fingerprint density at radius 1 is 1.09 bits per heavy atom. The number of carbonyl (C=O) groups excluding carboxylic acids is 3. The van der Waals surface area contributed by atoms with Crippen molar-refractivity contribution in [1.29, 1.82) is 0 Å². The number of ether oxygens (including phenoxy) is 2. The van der Waals surface area contributed by atoms with Gasteiger partial charge < -0.3 is 30.7 Å².